The third-order valence-corrected chi connectivity index (χ3v) is 3.91. The molecule has 1 rings (SSSR count). The molecule has 70 valence electrons. The lowest BCUT2D eigenvalue weighted by Crippen LogP contribution is -2.37. The quantitative estimate of drug-likeness (QED) is 0.619. The van der Waals surface area contributed by atoms with Crippen molar-refractivity contribution >= 4 is 5.78 Å². The molecule has 1 unspecified atom stereocenters. The molecule has 0 aliphatic heterocycles. The van der Waals surface area contributed by atoms with Crippen molar-refractivity contribution in [2.24, 2.45) is 10.8 Å². The fourth-order valence-electron chi connectivity index (χ4n) is 2.41. The maximum atomic E-state index is 11.8. The number of carbonyl (C=O) groups excluding carboxylic acids is 1. The summed E-state index contributed by atoms with van der Waals surface area (Å²) in [5.74, 6) is 0.449. The van der Waals surface area contributed by atoms with Gasteiger partial charge >= 0.3 is 0 Å². The fraction of sp³-hybridized carbons (Fsp3) is 0.909. The van der Waals surface area contributed by atoms with Crippen molar-refractivity contribution in [2.75, 3.05) is 0 Å². The molecule has 0 spiro atoms. The SMILES string of the molecule is CCC(=O)C1(C)CCCC1(C)C. The topological polar surface area (TPSA) is 17.1 Å². The molecule has 1 fully saturated rings. The maximum Gasteiger partial charge on any atom is 0.139 e. The molecule has 1 aliphatic carbocycles. The van der Waals surface area contributed by atoms with Crippen LogP contribution in [-0.4, -0.2) is 5.78 Å². The summed E-state index contributed by atoms with van der Waals surface area (Å²) in [6, 6.07) is 0. The van der Waals surface area contributed by atoms with Crippen LogP contribution in [0.25, 0.3) is 0 Å². The summed E-state index contributed by atoms with van der Waals surface area (Å²) >= 11 is 0. The van der Waals surface area contributed by atoms with Crippen LogP contribution in [0.3, 0.4) is 0 Å². The van der Waals surface area contributed by atoms with E-state index in [9.17, 15) is 4.79 Å². The minimum atomic E-state index is -0.0399. The van der Waals surface area contributed by atoms with Crippen LogP contribution in [0.1, 0.15) is 53.4 Å². The molecule has 1 atom stereocenters. The second-order valence-electron chi connectivity index (χ2n) is 4.85. The molecule has 0 aromatic heterocycles. The van der Waals surface area contributed by atoms with Gasteiger partial charge in [-0.25, -0.2) is 0 Å². The minimum absolute atomic E-state index is 0.0399. The Morgan fingerprint density at radius 2 is 1.83 bits per heavy atom. The zero-order valence-corrected chi connectivity index (χ0v) is 8.74. The maximum absolute atomic E-state index is 11.8. The van der Waals surface area contributed by atoms with Crippen LogP contribution in [0.5, 0.6) is 0 Å². The van der Waals surface area contributed by atoms with Crippen molar-refractivity contribution in [2.45, 2.75) is 53.4 Å². The Morgan fingerprint density at radius 3 is 2.17 bits per heavy atom. The molecule has 0 amide bonds. The summed E-state index contributed by atoms with van der Waals surface area (Å²) in [7, 11) is 0. The Labute approximate surface area is 75.5 Å². The number of Topliss-reactive ketones (excluding diaryl/α,β-unsaturated/α-hetero) is 1. The number of hydrogen-bond acceptors (Lipinski definition) is 1. The number of rotatable bonds is 2. The summed E-state index contributed by atoms with van der Waals surface area (Å²) in [4.78, 5) is 11.8. The average Bonchev–Trinajstić information content (AvgIpc) is 2.26. The smallest absolute Gasteiger partial charge is 0.139 e. The average molecular weight is 168 g/mol. The van der Waals surface area contributed by atoms with Gasteiger partial charge in [-0.1, -0.05) is 34.1 Å². The van der Waals surface area contributed by atoms with Crippen molar-refractivity contribution in [3.05, 3.63) is 0 Å². The lowest BCUT2D eigenvalue weighted by atomic mass is 9.66. The van der Waals surface area contributed by atoms with Crippen molar-refractivity contribution in [1.82, 2.24) is 0 Å². The zero-order valence-electron chi connectivity index (χ0n) is 8.74. The Bertz CT molecular complexity index is 193. The first kappa shape index (κ1) is 9.76. The van der Waals surface area contributed by atoms with Gasteiger partial charge in [0, 0.05) is 11.8 Å². The molecule has 1 nitrogen and oxygen atoms in total. The van der Waals surface area contributed by atoms with Gasteiger partial charge in [-0.15, -0.1) is 0 Å². The molecule has 0 radical (unpaired) electrons. The highest BCUT2D eigenvalue weighted by molar-refractivity contribution is 5.85. The summed E-state index contributed by atoms with van der Waals surface area (Å²) in [5, 5.41) is 0. The Morgan fingerprint density at radius 1 is 1.25 bits per heavy atom. The molecule has 1 heteroatoms. The number of ketones is 1. The predicted molar refractivity (Wildman–Crippen MR) is 51.0 cm³/mol. The van der Waals surface area contributed by atoms with Crippen LogP contribution < -0.4 is 0 Å². The predicted octanol–water partition coefficient (Wildman–Crippen LogP) is 3.18. The van der Waals surface area contributed by atoms with Crippen LogP contribution in [0.15, 0.2) is 0 Å². The van der Waals surface area contributed by atoms with E-state index in [1.165, 1.54) is 12.8 Å². The fourth-order valence-corrected chi connectivity index (χ4v) is 2.41. The summed E-state index contributed by atoms with van der Waals surface area (Å²) < 4.78 is 0. The molecule has 12 heavy (non-hydrogen) atoms. The van der Waals surface area contributed by atoms with E-state index in [1.54, 1.807) is 0 Å². The van der Waals surface area contributed by atoms with Crippen LogP contribution in [0, 0.1) is 10.8 Å². The van der Waals surface area contributed by atoms with Gasteiger partial charge in [-0.2, -0.15) is 0 Å². The van der Waals surface area contributed by atoms with Gasteiger partial charge < -0.3 is 0 Å². The largest absolute Gasteiger partial charge is 0.299 e. The van der Waals surface area contributed by atoms with Crippen molar-refractivity contribution in [1.29, 1.82) is 0 Å². The van der Waals surface area contributed by atoms with Crippen molar-refractivity contribution in [3.63, 3.8) is 0 Å². The van der Waals surface area contributed by atoms with E-state index in [1.807, 2.05) is 6.92 Å². The Kier molecular flexibility index (Phi) is 2.33. The third kappa shape index (κ3) is 1.19. The van der Waals surface area contributed by atoms with E-state index in [4.69, 9.17) is 0 Å². The standard InChI is InChI=1S/C11H20O/c1-5-9(12)11(4)8-6-7-10(11,2)3/h5-8H2,1-4H3. The highest BCUT2D eigenvalue weighted by Crippen LogP contribution is 2.53. The molecule has 0 aromatic carbocycles. The van der Waals surface area contributed by atoms with Gasteiger partial charge in [-0.3, -0.25) is 4.79 Å². The van der Waals surface area contributed by atoms with Crippen LogP contribution in [0.4, 0.5) is 0 Å². The van der Waals surface area contributed by atoms with E-state index in [2.05, 4.69) is 20.8 Å². The molecular formula is C11H20O. The monoisotopic (exact) mass is 168 g/mol. The summed E-state index contributed by atoms with van der Waals surface area (Å²) in [5.41, 5.74) is 0.182. The van der Waals surface area contributed by atoms with Crippen LogP contribution in [0.2, 0.25) is 0 Å². The van der Waals surface area contributed by atoms with E-state index in [0.29, 0.717) is 12.2 Å². The highest BCUT2D eigenvalue weighted by atomic mass is 16.1. The molecule has 0 N–H and O–H groups in total. The zero-order chi connectivity index (χ0) is 9.41. The number of carbonyl (C=O) groups is 1. The first-order chi connectivity index (χ1) is 5.44. The first-order valence-electron chi connectivity index (χ1n) is 4.97. The van der Waals surface area contributed by atoms with Gasteiger partial charge in [0.25, 0.3) is 0 Å². The summed E-state index contributed by atoms with van der Waals surface area (Å²) in [6.07, 6.45) is 4.21. The molecule has 0 saturated heterocycles. The molecular weight excluding hydrogens is 148 g/mol. The van der Waals surface area contributed by atoms with E-state index < -0.39 is 0 Å². The van der Waals surface area contributed by atoms with E-state index >= 15 is 0 Å². The summed E-state index contributed by atoms with van der Waals surface area (Å²) in [6.45, 7) is 8.58. The third-order valence-electron chi connectivity index (χ3n) is 3.91. The lowest BCUT2D eigenvalue weighted by molar-refractivity contribution is -0.132. The second kappa shape index (κ2) is 2.86. The van der Waals surface area contributed by atoms with Crippen molar-refractivity contribution in [3.8, 4) is 0 Å². The number of hydrogen-bond donors (Lipinski definition) is 0. The van der Waals surface area contributed by atoms with Crippen LogP contribution >= 0.6 is 0 Å². The van der Waals surface area contributed by atoms with Gasteiger partial charge in [0.2, 0.25) is 0 Å². The van der Waals surface area contributed by atoms with E-state index in [-0.39, 0.29) is 10.8 Å². The Hall–Kier alpha value is -0.330. The van der Waals surface area contributed by atoms with E-state index in [0.717, 1.165) is 6.42 Å². The normalized spacial score (nSPS) is 33.7. The Balaban J connectivity index is 2.90. The molecule has 0 bridgehead atoms. The molecule has 0 aromatic rings. The van der Waals surface area contributed by atoms with Gasteiger partial charge in [-0.05, 0) is 18.3 Å². The first-order valence-corrected chi connectivity index (χ1v) is 4.97. The minimum Gasteiger partial charge on any atom is -0.299 e. The van der Waals surface area contributed by atoms with Crippen molar-refractivity contribution < 1.29 is 4.79 Å². The molecule has 1 saturated carbocycles. The lowest BCUT2D eigenvalue weighted by Gasteiger charge is -2.36. The van der Waals surface area contributed by atoms with Crippen LogP contribution in [-0.2, 0) is 4.79 Å². The van der Waals surface area contributed by atoms with Gasteiger partial charge in [0.05, 0.1) is 0 Å². The highest BCUT2D eigenvalue weighted by Gasteiger charge is 2.48. The second-order valence-corrected chi connectivity index (χ2v) is 4.85. The molecule has 0 heterocycles. The van der Waals surface area contributed by atoms with Gasteiger partial charge in [0.15, 0.2) is 0 Å². The molecule has 1 aliphatic rings. The van der Waals surface area contributed by atoms with Gasteiger partial charge in [0.1, 0.15) is 5.78 Å².